The molecule has 1 aromatic heterocycles. The van der Waals surface area contributed by atoms with Gasteiger partial charge in [0, 0.05) is 31.7 Å². The zero-order valence-corrected chi connectivity index (χ0v) is 18.3. The normalized spacial score (nSPS) is 13.9. The van der Waals surface area contributed by atoms with Crippen LogP contribution in [0.4, 0.5) is 5.82 Å². The van der Waals surface area contributed by atoms with Gasteiger partial charge in [0.25, 0.3) is 0 Å². The van der Waals surface area contributed by atoms with E-state index in [1.54, 1.807) is 7.11 Å². The molecular weight excluding hydrogens is 388 g/mol. The molecule has 1 aliphatic rings. The lowest BCUT2D eigenvalue weighted by atomic mass is 10.0. The predicted octanol–water partition coefficient (Wildman–Crippen LogP) is 3.66. The van der Waals surface area contributed by atoms with Crippen LogP contribution >= 0.6 is 0 Å². The van der Waals surface area contributed by atoms with Gasteiger partial charge in [0.05, 0.1) is 19.2 Å². The van der Waals surface area contributed by atoms with E-state index < -0.39 is 0 Å². The Labute approximate surface area is 183 Å². The van der Waals surface area contributed by atoms with E-state index in [2.05, 4.69) is 47.1 Å². The summed E-state index contributed by atoms with van der Waals surface area (Å²) in [5.74, 6) is 1.81. The fraction of sp³-hybridized carbons (Fsp3) is 0.320. The lowest BCUT2D eigenvalue weighted by Crippen LogP contribution is -2.49. The number of methoxy groups -OCH3 is 1. The minimum absolute atomic E-state index is 0.154. The van der Waals surface area contributed by atoms with Gasteiger partial charge in [-0.15, -0.1) is 10.2 Å². The second kappa shape index (κ2) is 9.16. The Morgan fingerprint density at radius 2 is 1.68 bits per heavy atom. The number of hydrogen-bond donors (Lipinski definition) is 0. The first-order valence-corrected chi connectivity index (χ1v) is 10.6. The maximum atomic E-state index is 12.7. The molecule has 2 aromatic carbocycles. The molecule has 1 fully saturated rings. The van der Waals surface area contributed by atoms with E-state index in [-0.39, 0.29) is 5.91 Å². The van der Waals surface area contributed by atoms with Crippen LogP contribution in [-0.2, 0) is 11.2 Å². The number of nitrogens with zero attached hydrogens (tertiary/aromatic N) is 4. The Hall–Kier alpha value is -3.41. The van der Waals surface area contributed by atoms with Crippen molar-refractivity contribution in [2.45, 2.75) is 20.3 Å². The lowest BCUT2D eigenvalue weighted by molar-refractivity contribution is -0.130. The average molecular weight is 417 g/mol. The maximum absolute atomic E-state index is 12.7. The van der Waals surface area contributed by atoms with Crippen LogP contribution in [0.15, 0.2) is 54.6 Å². The quantitative estimate of drug-likeness (QED) is 0.635. The molecule has 1 amide bonds. The van der Waals surface area contributed by atoms with Crippen molar-refractivity contribution < 1.29 is 9.53 Å². The summed E-state index contributed by atoms with van der Waals surface area (Å²) in [6, 6.07) is 18.1. The molecule has 0 atom stereocenters. The minimum Gasteiger partial charge on any atom is -0.497 e. The minimum atomic E-state index is 0.154. The Morgan fingerprint density at radius 3 is 2.29 bits per heavy atom. The van der Waals surface area contributed by atoms with Gasteiger partial charge in [-0.1, -0.05) is 35.9 Å². The second-order valence-corrected chi connectivity index (χ2v) is 7.99. The predicted molar refractivity (Wildman–Crippen MR) is 122 cm³/mol. The summed E-state index contributed by atoms with van der Waals surface area (Å²) in [6.45, 7) is 7.08. The summed E-state index contributed by atoms with van der Waals surface area (Å²) >= 11 is 0. The van der Waals surface area contributed by atoms with Crippen molar-refractivity contribution in [3.8, 4) is 17.0 Å². The molecule has 2 heterocycles. The van der Waals surface area contributed by atoms with Crippen LogP contribution < -0.4 is 9.64 Å². The van der Waals surface area contributed by atoms with Crippen LogP contribution in [-0.4, -0.2) is 54.3 Å². The number of benzene rings is 2. The largest absolute Gasteiger partial charge is 0.497 e. The highest BCUT2D eigenvalue weighted by Crippen LogP contribution is 2.23. The summed E-state index contributed by atoms with van der Waals surface area (Å²) in [5, 5.41) is 8.91. The summed E-state index contributed by atoms with van der Waals surface area (Å²) < 4.78 is 5.18. The van der Waals surface area contributed by atoms with E-state index in [0.29, 0.717) is 19.5 Å². The van der Waals surface area contributed by atoms with Crippen LogP contribution in [0.1, 0.15) is 16.7 Å². The number of carbonyl (C=O) groups excluding carboxylic acids is 1. The van der Waals surface area contributed by atoms with Crippen molar-refractivity contribution in [3.05, 3.63) is 71.3 Å². The molecule has 0 N–H and O–H groups in total. The molecule has 0 saturated carbocycles. The zero-order valence-electron chi connectivity index (χ0n) is 18.3. The van der Waals surface area contributed by atoms with E-state index >= 15 is 0 Å². The summed E-state index contributed by atoms with van der Waals surface area (Å²) in [5.41, 5.74) is 5.44. The number of hydrogen-bond acceptors (Lipinski definition) is 5. The SMILES string of the molecule is COc1ccc(CC(=O)N2CCN(c3ccc(-c4ccc(C)cc4C)nn3)CC2)cc1. The maximum Gasteiger partial charge on any atom is 0.227 e. The van der Waals surface area contributed by atoms with Crippen LogP contribution in [0.3, 0.4) is 0 Å². The van der Waals surface area contributed by atoms with Crippen LogP contribution in [0, 0.1) is 13.8 Å². The average Bonchev–Trinajstić information content (AvgIpc) is 2.80. The molecule has 0 radical (unpaired) electrons. The van der Waals surface area contributed by atoms with E-state index in [4.69, 9.17) is 4.74 Å². The number of aromatic nitrogens is 2. The van der Waals surface area contributed by atoms with Crippen molar-refractivity contribution in [3.63, 3.8) is 0 Å². The first-order valence-electron chi connectivity index (χ1n) is 10.6. The zero-order chi connectivity index (χ0) is 21.8. The molecule has 0 bridgehead atoms. The Balaban J connectivity index is 1.34. The summed E-state index contributed by atoms with van der Waals surface area (Å²) in [4.78, 5) is 16.8. The Bertz CT molecular complexity index is 1040. The topological polar surface area (TPSA) is 58.6 Å². The van der Waals surface area contributed by atoms with Gasteiger partial charge in [0.15, 0.2) is 5.82 Å². The number of anilines is 1. The van der Waals surface area contributed by atoms with Crippen molar-refractivity contribution in [1.82, 2.24) is 15.1 Å². The van der Waals surface area contributed by atoms with Gasteiger partial charge in [-0.25, -0.2) is 0 Å². The van der Waals surface area contributed by atoms with E-state index in [1.807, 2.05) is 41.3 Å². The number of rotatable bonds is 5. The van der Waals surface area contributed by atoms with Gasteiger partial charge in [0.1, 0.15) is 5.75 Å². The number of ether oxygens (including phenoxy) is 1. The second-order valence-electron chi connectivity index (χ2n) is 7.99. The molecule has 4 rings (SSSR count). The molecule has 0 spiro atoms. The van der Waals surface area contributed by atoms with Crippen molar-refractivity contribution >= 4 is 11.7 Å². The molecule has 0 aliphatic carbocycles. The molecular formula is C25H28N4O2. The third-order valence-electron chi connectivity index (χ3n) is 5.78. The Kier molecular flexibility index (Phi) is 6.16. The molecule has 1 aliphatic heterocycles. The molecule has 160 valence electrons. The number of amides is 1. The van der Waals surface area contributed by atoms with Crippen molar-refractivity contribution in [2.24, 2.45) is 0 Å². The highest BCUT2D eigenvalue weighted by molar-refractivity contribution is 5.79. The van der Waals surface area contributed by atoms with Crippen molar-refractivity contribution in [1.29, 1.82) is 0 Å². The molecule has 6 nitrogen and oxygen atoms in total. The van der Waals surface area contributed by atoms with Crippen LogP contribution in [0.5, 0.6) is 5.75 Å². The first-order chi connectivity index (χ1) is 15.0. The molecule has 6 heteroatoms. The highest BCUT2D eigenvalue weighted by atomic mass is 16.5. The monoisotopic (exact) mass is 416 g/mol. The van der Waals surface area contributed by atoms with Gasteiger partial charge in [-0.3, -0.25) is 4.79 Å². The molecule has 31 heavy (non-hydrogen) atoms. The fourth-order valence-corrected chi connectivity index (χ4v) is 3.95. The van der Waals surface area contributed by atoms with Gasteiger partial charge in [-0.05, 0) is 49.2 Å². The number of piperazine rings is 1. The third-order valence-corrected chi connectivity index (χ3v) is 5.78. The molecule has 3 aromatic rings. The summed E-state index contributed by atoms with van der Waals surface area (Å²) in [6.07, 6.45) is 0.411. The lowest BCUT2D eigenvalue weighted by Gasteiger charge is -2.35. The third kappa shape index (κ3) is 4.85. The van der Waals surface area contributed by atoms with Crippen LogP contribution in [0.25, 0.3) is 11.3 Å². The van der Waals surface area contributed by atoms with Gasteiger partial charge < -0.3 is 14.5 Å². The smallest absolute Gasteiger partial charge is 0.227 e. The standard InChI is InChI=1S/C25H28N4O2/c1-18-4-9-22(19(2)16-18)23-10-11-24(27-26-23)28-12-14-29(15-13-28)25(30)17-20-5-7-21(31-3)8-6-20/h4-11,16H,12-15,17H2,1-3H3. The number of carbonyl (C=O) groups is 1. The van der Waals surface area contributed by atoms with E-state index in [0.717, 1.165) is 41.5 Å². The Morgan fingerprint density at radius 1 is 0.935 bits per heavy atom. The van der Waals surface area contributed by atoms with Gasteiger partial charge in [0.2, 0.25) is 5.91 Å². The highest BCUT2D eigenvalue weighted by Gasteiger charge is 2.22. The number of aryl methyl sites for hydroxylation is 2. The molecule has 0 unspecified atom stereocenters. The van der Waals surface area contributed by atoms with E-state index in [1.165, 1.54) is 11.1 Å². The first kappa shape index (κ1) is 20.8. The van der Waals surface area contributed by atoms with Crippen LogP contribution in [0.2, 0.25) is 0 Å². The summed E-state index contributed by atoms with van der Waals surface area (Å²) in [7, 11) is 1.64. The molecule has 1 saturated heterocycles. The fourth-order valence-electron chi connectivity index (χ4n) is 3.95. The van der Waals surface area contributed by atoms with Gasteiger partial charge in [-0.2, -0.15) is 0 Å². The van der Waals surface area contributed by atoms with E-state index in [9.17, 15) is 4.79 Å². The van der Waals surface area contributed by atoms with Crippen molar-refractivity contribution in [2.75, 3.05) is 38.2 Å². The van der Waals surface area contributed by atoms with Gasteiger partial charge >= 0.3 is 0 Å².